The van der Waals surface area contributed by atoms with Crippen LogP contribution >= 0.6 is 11.6 Å². The zero-order valence-electron chi connectivity index (χ0n) is 16.7. The molecule has 1 heterocycles. The van der Waals surface area contributed by atoms with Crippen LogP contribution in [0.2, 0.25) is 0 Å². The van der Waals surface area contributed by atoms with Crippen molar-refractivity contribution < 1.29 is 14.6 Å². The molecule has 0 fully saturated rings. The van der Waals surface area contributed by atoms with Gasteiger partial charge in [0.1, 0.15) is 23.1 Å². The van der Waals surface area contributed by atoms with Gasteiger partial charge in [0.15, 0.2) is 0 Å². The second kappa shape index (κ2) is 9.00. The first kappa shape index (κ1) is 20.6. The Kier molecular flexibility index (Phi) is 6.18. The number of hydrogen-bond acceptors (Lipinski definition) is 4. The van der Waals surface area contributed by atoms with Gasteiger partial charge in [-0.1, -0.05) is 91.0 Å². The monoisotopic (exact) mass is 421 g/mol. The lowest BCUT2D eigenvalue weighted by Gasteiger charge is -2.33. The third-order valence-electron chi connectivity index (χ3n) is 5.37. The summed E-state index contributed by atoms with van der Waals surface area (Å²) in [6, 6.07) is 28.4. The fourth-order valence-corrected chi connectivity index (χ4v) is 4.21. The number of rotatable bonds is 7. The van der Waals surface area contributed by atoms with Crippen molar-refractivity contribution in [2.24, 2.45) is 4.99 Å². The first-order valence-electron chi connectivity index (χ1n) is 9.90. The normalized spacial score (nSPS) is 19.8. The molecule has 0 bridgehead atoms. The molecule has 0 saturated carbocycles. The van der Waals surface area contributed by atoms with Gasteiger partial charge >= 0.3 is 0 Å². The van der Waals surface area contributed by atoms with Crippen molar-refractivity contribution in [1.82, 2.24) is 0 Å². The van der Waals surface area contributed by atoms with E-state index >= 15 is 0 Å². The predicted molar refractivity (Wildman–Crippen MR) is 119 cm³/mol. The predicted octanol–water partition coefficient (Wildman–Crippen LogP) is 4.71. The molecule has 3 aromatic carbocycles. The molecule has 0 amide bonds. The summed E-state index contributed by atoms with van der Waals surface area (Å²) < 4.78 is 11.6. The Balaban J connectivity index is 1.73. The molecule has 3 aromatic rings. The maximum atomic E-state index is 11.9. The third kappa shape index (κ3) is 3.86. The van der Waals surface area contributed by atoms with E-state index in [9.17, 15) is 5.11 Å². The lowest BCUT2D eigenvalue weighted by Crippen LogP contribution is -2.42. The first-order chi connectivity index (χ1) is 14.6. The van der Waals surface area contributed by atoms with Gasteiger partial charge in [-0.05, 0) is 16.7 Å². The molecule has 4 rings (SSSR count). The van der Waals surface area contributed by atoms with Crippen molar-refractivity contribution >= 4 is 17.5 Å². The van der Waals surface area contributed by atoms with E-state index in [0.717, 1.165) is 5.56 Å². The van der Waals surface area contributed by atoms with Crippen LogP contribution in [0, 0.1) is 0 Å². The minimum absolute atomic E-state index is 0.246. The quantitative estimate of drug-likeness (QED) is 0.562. The molecule has 0 aliphatic carbocycles. The van der Waals surface area contributed by atoms with E-state index in [1.807, 2.05) is 91.0 Å². The average Bonchev–Trinajstić information content (AvgIpc) is 3.24. The van der Waals surface area contributed by atoms with Gasteiger partial charge in [-0.3, -0.25) is 0 Å². The standard InChI is InChI=1S/C25H24ClNO3/c1-29-17-21-22(18-11-5-2-6-12-18)30-24(27-21)23(26)25(28,19-13-7-3-8-14-19)20-15-9-4-10-16-20/h2-16,21-23,28H,17H2,1H3/t21-,22-,23+/m0/s1. The number of aliphatic hydroxyl groups is 1. The molecule has 0 saturated heterocycles. The fraction of sp³-hybridized carbons (Fsp3) is 0.240. The number of alkyl halides is 1. The van der Waals surface area contributed by atoms with Gasteiger partial charge in [-0.15, -0.1) is 11.6 Å². The Morgan fingerprint density at radius 3 is 1.93 bits per heavy atom. The lowest BCUT2D eigenvalue weighted by molar-refractivity contribution is 0.0786. The molecule has 0 radical (unpaired) electrons. The van der Waals surface area contributed by atoms with Crippen molar-refractivity contribution in [3.8, 4) is 0 Å². The molecule has 1 aliphatic heterocycles. The Bertz CT molecular complexity index is 940. The van der Waals surface area contributed by atoms with Gasteiger partial charge in [0.25, 0.3) is 0 Å². The van der Waals surface area contributed by atoms with Crippen LogP contribution in [-0.4, -0.2) is 36.1 Å². The molecular weight excluding hydrogens is 398 g/mol. The Hall–Kier alpha value is -2.66. The summed E-state index contributed by atoms with van der Waals surface area (Å²) in [7, 11) is 1.64. The third-order valence-corrected chi connectivity index (χ3v) is 5.87. The highest BCUT2D eigenvalue weighted by Gasteiger charge is 2.46. The van der Waals surface area contributed by atoms with E-state index < -0.39 is 11.0 Å². The number of aliphatic imine (C=N–C) groups is 1. The number of methoxy groups -OCH3 is 1. The fourth-order valence-electron chi connectivity index (χ4n) is 3.85. The van der Waals surface area contributed by atoms with Gasteiger partial charge in [-0.2, -0.15) is 0 Å². The molecule has 0 aromatic heterocycles. The van der Waals surface area contributed by atoms with Crippen molar-refractivity contribution in [3.63, 3.8) is 0 Å². The lowest BCUT2D eigenvalue weighted by atomic mass is 9.83. The van der Waals surface area contributed by atoms with Crippen LogP contribution < -0.4 is 0 Å². The van der Waals surface area contributed by atoms with Crippen molar-refractivity contribution in [2.45, 2.75) is 23.1 Å². The van der Waals surface area contributed by atoms with Crippen LogP contribution in [0.5, 0.6) is 0 Å². The van der Waals surface area contributed by atoms with Crippen molar-refractivity contribution in [1.29, 1.82) is 0 Å². The number of ether oxygens (including phenoxy) is 2. The van der Waals surface area contributed by atoms with Gasteiger partial charge in [0.2, 0.25) is 5.90 Å². The van der Waals surface area contributed by atoms with E-state index in [0.29, 0.717) is 23.6 Å². The van der Waals surface area contributed by atoms with Crippen LogP contribution in [0.25, 0.3) is 0 Å². The maximum absolute atomic E-state index is 11.9. The van der Waals surface area contributed by atoms with Crippen LogP contribution in [0.3, 0.4) is 0 Å². The summed E-state index contributed by atoms with van der Waals surface area (Å²) in [6.45, 7) is 0.391. The van der Waals surface area contributed by atoms with E-state index in [1.165, 1.54) is 0 Å². The SMILES string of the molecule is COC[C@@H]1N=C([C@@H](Cl)C(O)(c2ccccc2)c2ccccc2)O[C@H]1c1ccccc1. The zero-order valence-corrected chi connectivity index (χ0v) is 17.4. The largest absolute Gasteiger partial charge is 0.469 e. The van der Waals surface area contributed by atoms with Crippen molar-refractivity contribution in [3.05, 3.63) is 108 Å². The smallest absolute Gasteiger partial charge is 0.206 e. The summed E-state index contributed by atoms with van der Waals surface area (Å²) in [5.41, 5.74) is 0.833. The van der Waals surface area contributed by atoms with Gasteiger partial charge in [-0.25, -0.2) is 4.99 Å². The highest BCUT2D eigenvalue weighted by atomic mass is 35.5. The van der Waals surface area contributed by atoms with E-state index in [1.54, 1.807) is 7.11 Å². The highest BCUT2D eigenvalue weighted by molar-refractivity contribution is 6.32. The molecule has 1 N–H and O–H groups in total. The Morgan fingerprint density at radius 2 is 1.43 bits per heavy atom. The molecular formula is C25H24ClNO3. The zero-order chi connectivity index (χ0) is 21.0. The van der Waals surface area contributed by atoms with Crippen LogP contribution in [-0.2, 0) is 15.1 Å². The van der Waals surface area contributed by atoms with E-state index in [-0.39, 0.29) is 12.1 Å². The Labute approximate surface area is 181 Å². The molecule has 0 spiro atoms. The van der Waals surface area contributed by atoms with Crippen LogP contribution in [0.15, 0.2) is 96.0 Å². The molecule has 30 heavy (non-hydrogen) atoms. The topological polar surface area (TPSA) is 51.0 Å². The molecule has 5 heteroatoms. The van der Waals surface area contributed by atoms with Gasteiger partial charge in [0, 0.05) is 7.11 Å². The molecule has 0 unspecified atom stereocenters. The number of nitrogens with zero attached hydrogens (tertiary/aromatic N) is 1. The second-order valence-electron chi connectivity index (χ2n) is 7.30. The number of benzene rings is 3. The van der Waals surface area contributed by atoms with Gasteiger partial charge < -0.3 is 14.6 Å². The summed E-state index contributed by atoms with van der Waals surface area (Å²) >= 11 is 6.94. The molecule has 4 nitrogen and oxygen atoms in total. The average molecular weight is 422 g/mol. The molecule has 154 valence electrons. The van der Waals surface area contributed by atoms with Crippen LogP contribution in [0.1, 0.15) is 22.8 Å². The molecule has 1 aliphatic rings. The minimum atomic E-state index is -1.51. The van der Waals surface area contributed by atoms with Crippen LogP contribution in [0.4, 0.5) is 0 Å². The summed E-state index contributed by atoms with van der Waals surface area (Å²) in [5.74, 6) is 0.308. The van der Waals surface area contributed by atoms with Crippen molar-refractivity contribution in [2.75, 3.05) is 13.7 Å². The van der Waals surface area contributed by atoms with E-state index in [2.05, 4.69) is 0 Å². The summed E-state index contributed by atoms with van der Waals surface area (Å²) in [5, 5.41) is 11.0. The first-order valence-corrected chi connectivity index (χ1v) is 10.3. The highest BCUT2D eigenvalue weighted by Crippen LogP contribution is 2.40. The summed E-state index contributed by atoms with van der Waals surface area (Å²) in [4.78, 5) is 4.73. The molecule has 3 atom stereocenters. The maximum Gasteiger partial charge on any atom is 0.206 e. The number of hydrogen-bond donors (Lipinski definition) is 1. The number of halogens is 1. The summed E-state index contributed by atoms with van der Waals surface area (Å²) in [6.07, 6.45) is -0.321. The van der Waals surface area contributed by atoms with E-state index in [4.69, 9.17) is 26.1 Å². The second-order valence-corrected chi connectivity index (χ2v) is 7.74. The Morgan fingerprint density at radius 1 is 0.933 bits per heavy atom. The van der Waals surface area contributed by atoms with Gasteiger partial charge in [0.05, 0.1) is 6.61 Å². The minimum Gasteiger partial charge on any atom is -0.469 e.